The van der Waals surface area contributed by atoms with Crippen molar-refractivity contribution in [3.05, 3.63) is 12.2 Å². The van der Waals surface area contributed by atoms with E-state index in [9.17, 15) is 19.5 Å². The molecule has 0 spiro atoms. The zero-order valence-corrected chi connectivity index (χ0v) is 16.1. The summed E-state index contributed by atoms with van der Waals surface area (Å²) >= 11 is 0. The average molecular weight is 352 g/mol. The van der Waals surface area contributed by atoms with Crippen LogP contribution in [0, 0.1) is 11.8 Å². The molecule has 0 aromatic heterocycles. The lowest BCUT2D eigenvalue weighted by Crippen LogP contribution is -2.32. The van der Waals surface area contributed by atoms with Crippen LogP contribution in [0.1, 0.15) is 73.1 Å². The van der Waals surface area contributed by atoms with Crippen molar-refractivity contribution in [3.63, 3.8) is 0 Å². The number of hydrogen-bond donors (Lipinski definition) is 1. The van der Waals surface area contributed by atoms with Crippen molar-refractivity contribution in [2.75, 3.05) is 0 Å². The number of cyclic esters (lactones) is 1. The van der Waals surface area contributed by atoms with Crippen molar-refractivity contribution >= 4 is 17.5 Å². The maximum atomic E-state index is 12.3. The molecule has 1 rings (SSSR count). The molecule has 0 unspecified atom stereocenters. The van der Waals surface area contributed by atoms with Gasteiger partial charge in [0.15, 0.2) is 0 Å². The van der Waals surface area contributed by atoms with Crippen molar-refractivity contribution < 1.29 is 24.2 Å². The van der Waals surface area contributed by atoms with Gasteiger partial charge in [-0.25, -0.2) is 0 Å². The SMILES string of the molecule is CC(=O)CC[C@H](/C=C/[C@@](C)(O)CC(=O)C[C@@]1(C)CCC(=O)O1)C(C)C. The predicted molar refractivity (Wildman–Crippen MR) is 96.0 cm³/mol. The maximum Gasteiger partial charge on any atom is 0.306 e. The highest BCUT2D eigenvalue weighted by atomic mass is 16.6. The fourth-order valence-electron chi connectivity index (χ4n) is 3.16. The minimum absolute atomic E-state index is 0.0197. The first kappa shape index (κ1) is 21.6. The fourth-order valence-corrected chi connectivity index (χ4v) is 3.16. The molecule has 5 heteroatoms. The molecule has 0 bridgehead atoms. The summed E-state index contributed by atoms with van der Waals surface area (Å²) in [6, 6.07) is 0. The third-order valence-corrected chi connectivity index (χ3v) is 4.73. The summed E-state index contributed by atoms with van der Waals surface area (Å²) in [5.41, 5.74) is -1.99. The Morgan fingerprint density at radius 3 is 2.52 bits per heavy atom. The number of carbonyl (C=O) groups excluding carboxylic acids is 3. The summed E-state index contributed by atoms with van der Waals surface area (Å²) in [5, 5.41) is 10.5. The number of ether oxygens (including phenoxy) is 1. The van der Waals surface area contributed by atoms with Gasteiger partial charge >= 0.3 is 5.97 Å². The smallest absolute Gasteiger partial charge is 0.306 e. The van der Waals surface area contributed by atoms with E-state index >= 15 is 0 Å². The number of hydrogen-bond acceptors (Lipinski definition) is 5. The van der Waals surface area contributed by atoms with E-state index in [4.69, 9.17) is 4.74 Å². The van der Waals surface area contributed by atoms with Gasteiger partial charge in [-0.15, -0.1) is 0 Å². The molecule has 25 heavy (non-hydrogen) atoms. The van der Waals surface area contributed by atoms with Crippen molar-refractivity contribution in [2.24, 2.45) is 11.8 Å². The van der Waals surface area contributed by atoms with E-state index in [0.29, 0.717) is 25.2 Å². The van der Waals surface area contributed by atoms with Crippen LogP contribution in [0.25, 0.3) is 0 Å². The quantitative estimate of drug-likeness (QED) is 0.481. The molecule has 1 aliphatic heterocycles. The molecular weight excluding hydrogens is 320 g/mol. The average Bonchev–Trinajstić information content (AvgIpc) is 2.75. The first-order valence-corrected chi connectivity index (χ1v) is 9.07. The molecular formula is C20H32O5. The molecule has 1 fully saturated rings. The molecule has 0 aromatic carbocycles. The number of rotatable bonds is 10. The lowest BCUT2D eigenvalue weighted by molar-refractivity contribution is -0.149. The third-order valence-electron chi connectivity index (χ3n) is 4.73. The van der Waals surface area contributed by atoms with Crippen molar-refractivity contribution in [1.29, 1.82) is 0 Å². The van der Waals surface area contributed by atoms with Gasteiger partial charge in [-0.1, -0.05) is 26.0 Å². The van der Waals surface area contributed by atoms with Crippen molar-refractivity contribution in [1.82, 2.24) is 0 Å². The summed E-state index contributed by atoms with van der Waals surface area (Å²) < 4.78 is 5.23. The zero-order valence-electron chi connectivity index (χ0n) is 16.1. The number of carbonyl (C=O) groups is 3. The van der Waals surface area contributed by atoms with Crippen LogP contribution < -0.4 is 0 Å². The van der Waals surface area contributed by atoms with Gasteiger partial charge in [0.1, 0.15) is 17.2 Å². The van der Waals surface area contributed by atoms with Crippen LogP contribution in [0.3, 0.4) is 0 Å². The van der Waals surface area contributed by atoms with Crippen LogP contribution in [0.15, 0.2) is 12.2 Å². The van der Waals surface area contributed by atoms with Crippen LogP contribution in [-0.2, 0) is 19.1 Å². The second-order valence-electron chi connectivity index (χ2n) is 8.18. The molecule has 1 saturated heterocycles. The monoisotopic (exact) mass is 352 g/mol. The number of ketones is 2. The number of allylic oxidation sites excluding steroid dienone is 1. The van der Waals surface area contributed by atoms with Crippen molar-refractivity contribution in [2.45, 2.75) is 84.3 Å². The van der Waals surface area contributed by atoms with Gasteiger partial charge in [0.2, 0.25) is 0 Å². The number of esters is 1. The third kappa shape index (κ3) is 7.95. The molecule has 0 amide bonds. The fraction of sp³-hybridized carbons (Fsp3) is 0.750. The number of aliphatic hydroxyl groups is 1. The van der Waals surface area contributed by atoms with Gasteiger partial charge in [0.05, 0.1) is 5.60 Å². The highest BCUT2D eigenvalue weighted by Crippen LogP contribution is 2.31. The van der Waals surface area contributed by atoms with Gasteiger partial charge in [0.25, 0.3) is 0 Å². The van der Waals surface area contributed by atoms with E-state index < -0.39 is 11.2 Å². The van der Waals surface area contributed by atoms with E-state index in [1.165, 1.54) is 0 Å². The van der Waals surface area contributed by atoms with Gasteiger partial charge in [-0.2, -0.15) is 0 Å². The maximum absolute atomic E-state index is 12.3. The first-order valence-electron chi connectivity index (χ1n) is 9.07. The number of Topliss-reactive ketones (excluding diaryl/α,β-unsaturated/α-hetero) is 2. The summed E-state index contributed by atoms with van der Waals surface area (Å²) in [6.45, 7) is 9.09. The highest BCUT2D eigenvalue weighted by molar-refractivity contribution is 5.82. The minimum atomic E-state index is -1.25. The summed E-state index contributed by atoms with van der Waals surface area (Å²) in [5.74, 6) is 0.280. The second kappa shape index (κ2) is 8.75. The van der Waals surface area contributed by atoms with Crippen LogP contribution in [0.4, 0.5) is 0 Å². The van der Waals surface area contributed by atoms with E-state index in [2.05, 4.69) is 13.8 Å². The van der Waals surface area contributed by atoms with Crippen LogP contribution in [0.5, 0.6) is 0 Å². The lowest BCUT2D eigenvalue weighted by Gasteiger charge is -2.25. The highest BCUT2D eigenvalue weighted by Gasteiger charge is 2.38. The Balaban J connectivity index is 2.61. The van der Waals surface area contributed by atoms with Crippen LogP contribution in [-0.4, -0.2) is 33.8 Å². The van der Waals surface area contributed by atoms with E-state index in [0.717, 1.165) is 6.42 Å². The molecule has 1 aliphatic rings. The zero-order chi connectivity index (χ0) is 19.3. The lowest BCUT2D eigenvalue weighted by atomic mass is 9.86. The summed E-state index contributed by atoms with van der Waals surface area (Å²) in [6.07, 6.45) is 5.81. The standard InChI is InChI=1S/C20H32O5/c1-14(2)16(7-6-15(3)21)8-10-19(4,24)12-17(22)13-20(5)11-9-18(23)25-20/h8,10,14,16,24H,6-7,9,11-13H2,1-5H3/b10-8+/t16-,19-,20-/m1/s1. The molecule has 0 radical (unpaired) electrons. The molecule has 0 aliphatic carbocycles. The molecule has 3 atom stereocenters. The van der Waals surface area contributed by atoms with Gasteiger partial charge in [-0.3, -0.25) is 9.59 Å². The topological polar surface area (TPSA) is 80.7 Å². The van der Waals surface area contributed by atoms with Crippen molar-refractivity contribution in [3.8, 4) is 0 Å². The van der Waals surface area contributed by atoms with Crippen LogP contribution in [0.2, 0.25) is 0 Å². The van der Waals surface area contributed by atoms with Gasteiger partial charge in [-0.05, 0) is 45.4 Å². The summed E-state index contributed by atoms with van der Waals surface area (Å²) in [4.78, 5) is 34.7. The molecule has 1 N–H and O–H groups in total. The Hall–Kier alpha value is -1.49. The summed E-state index contributed by atoms with van der Waals surface area (Å²) in [7, 11) is 0. The molecule has 142 valence electrons. The Labute approximate surface area is 150 Å². The Bertz CT molecular complexity index is 532. The van der Waals surface area contributed by atoms with Gasteiger partial charge < -0.3 is 14.6 Å². The Morgan fingerprint density at radius 1 is 1.40 bits per heavy atom. The van der Waals surface area contributed by atoms with Crippen LogP contribution >= 0.6 is 0 Å². The second-order valence-corrected chi connectivity index (χ2v) is 8.18. The predicted octanol–water partition coefficient (Wildman–Crippen LogP) is 3.38. The van der Waals surface area contributed by atoms with E-state index in [-0.39, 0.29) is 36.3 Å². The molecule has 5 nitrogen and oxygen atoms in total. The molecule has 1 heterocycles. The molecule has 0 saturated carbocycles. The normalized spacial score (nSPS) is 24.4. The largest absolute Gasteiger partial charge is 0.459 e. The van der Waals surface area contributed by atoms with E-state index in [1.807, 2.05) is 6.08 Å². The minimum Gasteiger partial charge on any atom is -0.459 e. The van der Waals surface area contributed by atoms with Gasteiger partial charge in [0, 0.05) is 25.7 Å². The first-order chi connectivity index (χ1) is 11.4. The Kier molecular flexibility index (Phi) is 7.54. The van der Waals surface area contributed by atoms with E-state index in [1.54, 1.807) is 26.8 Å². The Morgan fingerprint density at radius 2 is 2.04 bits per heavy atom. The molecule has 0 aromatic rings.